The minimum atomic E-state index is -0.0131. The van der Waals surface area contributed by atoms with Crippen LogP contribution >= 0.6 is 11.3 Å². The molecule has 0 bridgehead atoms. The summed E-state index contributed by atoms with van der Waals surface area (Å²) in [5.74, 6) is 1.38. The molecule has 0 spiro atoms. The third kappa shape index (κ3) is 2.93. The van der Waals surface area contributed by atoms with Gasteiger partial charge in [0.25, 0.3) is 5.78 Å². The van der Waals surface area contributed by atoms with Crippen LogP contribution in [0.2, 0.25) is 0 Å². The van der Waals surface area contributed by atoms with Gasteiger partial charge < -0.3 is 5.32 Å². The number of rotatable bonds is 5. The van der Waals surface area contributed by atoms with Crippen molar-refractivity contribution in [3.63, 3.8) is 0 Å². The highest BCUT2D eigenvalue weighted by Crippen LogP contribution is 2.27. The predicted molar refractivity (Wildman–Crippen MR) is 114 cm³/mol. The van der Waals surface area contributed by atoms with Crippen LogP contribution in [0.4, 0.5) is 5.95 Å². The molecular formula is C21H20N6S. The standard InChI is InChI=1S/C21H20N6S/c1-21(2,15-6-4-3-5-7-15)13-23-19-25-20-24-16-12-14(18-22-10-11-28-18)8-9-17(16)27(20)26-19/h3-12H,13H2,1-2H3,(H2,23,24,25,26). The molecule has 0 saturated heterocycles. The van der Waals surface area contributed by atoms with E-state index in [9.17, 15) is 0 Å². The molecule has 7 heteroatoms. The molecule has 0 aliphatic rings. The number of thiazole rings is 1. The smallest absolute Gasteiger partial charge is 0.253 e. The summed E-state index contributed by atoms with van der Waals surface area (Å²) in [6.07, 6.45) is 1.82. The molecule has 3 heterocycles. The molecule has 0 fully saturated rings. The third-order valence-electron chi connectivity index (χ3n) is 5.00. The van der Waals surface area contributed by atoms with Crippen LogP contribution in [0, 0.1) is 0 Å². The van der Waals surface area contributed by atoms with Crippen LogP contribution in [0.3, 0.4) is 0 Å². The average Bonchev–Trinajstić information content (AvgIpc) is 3.43. The maximum atomic E-state index is 4.67. The van der Waals surface area contributed by atoms with E-state index in [2.05, 4.69) is 81.7 Å². The number of nitrogens with one attached hydrogen (secondary N) is 2. The fraction of sp³-hybridized carbons (Fsp3) is 0.190. The second-order valence-electron chi connectivity index (χ2n) is 7.46. The molecule has 6 nitrogen and oxygen atoms in total. The molecule has 5 aromatic rings. The predicted octanol–water partition coefficient (Wildman–Crippen LogP) is 4.72. The number of fused-ring (bicyclic) bond motifs is 3. The van der Waals surface area contributed by atoms with E-state index in [0.29, 0.717) is 5.78 Å². The summed E-state index contributed by atoms with van der Waals surface area (Å²) in [7, 11) is 0. The number of hydrogen-bond donors (Lipinski definition) is 2. The molecule has 5 rings (SSSR count). The van der Waals surface area contributed by atoms with Crippen molar-refractivity contribution in [2.24, 2.45) is 0 Å². The zero-order chi connectivity index (χ0) is 19.1. The molecule has 0 saturated carbocycles. The fourth-order valence-electron chi connectivity index (χ4n) is 3.36. The molecular weight excluding hydrogens is 368 g/mol. The summed E-state index contributed by atoms with van der Waals surface area (Å²) < 4.78 is 1.92. The quantitative estimate of drug-likeness (QED) is 0.457. The van der Waals surface area contributed by atoms with Gasteiger partial charge >= 0.3 is 0 Å². The first-order valence-electron chi connectivity index (χ1n) is 9.18. The van der Waals surface area contributed by atoms with Gasteiger partial charge in [-0.15, -0.1) is 11.3 Å². The zero-order valence-electron chi connectivity index (χ0n) is 15.7. The number of H-pyrrole nitrogens is 1. The molecule has 0 aliphatic heterocycles. The molecule has 0 atom stereocenters. The molecule has 0 aliphatic carbocycles. The largest absolute Gasteiger partial charge is 0.354 e. The number of aromatic amines is 1. The fourth-order valence-corrected chi connectivity index (χ4v) is 3.99. The number of nitrogens with zero attached hydrogens (tertiary/aromatic N) is 4. The Kier molecular flexibility index (Phi) is 3.91. The number of hydrogen-bond acceptors (Lipinski definition) is 5. The molecule has 0 unspecified atom stereocenters. The first kappa shape index (κ1) is 16.9. The normalized spacial score (nSPS) is 12.1. The van der Waals surface area contributed by atoms with Crippen LogP contribution in [0.1, 0.15) is 19.4 Å². The average molecular weight is 389 g/mol. The SMILES string of the molecule is CC(C)(CNc1nc2nc3cc(-c4nccs4)ccc3n2[nH]1)c1ccccc1. The highest BCUT2D eigenvalue weighted by Gasteiger charge is 2.21. The van der Waals surface area contributed by atoms with Crippen molar-refractivity contribution in [1.82, 2.24) is 24.6 Å². The summed E-state index contributed by atoms with van der Waals surface area (Å²) in [6.45, 7) is 5.21. The molecule has 28 heavy (non-hydrogen) atoms. The number of benzene rings is 2. The van der Waals surface area contributed by atoms with Gasteiger partial charge in [0.1, 0.15) is 5.01 Å². The van der Waals surface area contributed by atoms with Gasteiger partial charge in [0.2, 0.25) is 5.95 Å². The van der Waals surface area contributed by atoms with Crippen LogP contribution in [-0.2, 0) is 5.41 Å². The Hall–Kier alpha value is -3.19. The summed E-state index contributed by atoms with van der Waals surface area (Å²) in [5.41, 5.74) is 4.26. The Labute approximate surface area is 166 Å². The van der Waals surface area contributed by atoms with E-state index in [1.807, 2.05) is 22.2 Å². The molecule has 2 N–H and O–H groups in total. The van der Waals surface area contributed by atoms with Crippen LogP contribution in [0.15, 0.2) is 60.1 Å². The summed E-state index contributed by atoms with van der Waals surface area (Å²) >= 11 is 1.62. The van der Waals surface area contributed by atoms with Crippen molar-refractivity contribution in [2.45, 2.75) is 19.3 Å². The minimum Gasteiger partial charge on any atom is -0.354 e. The van der Waals surface area contributed by atoms with Gasteiger partial charge in [-0.25, -0.2) is 14.5 Å². The van der Waals surface area contributed by atoms with Gasteiger partial charge in [-0.05, 0) is 23.8 Å². The molecule has 140 valence electrons. The zero-order valence-corrected chi connectivity index (χ0v) is 16.5. The second kappa shape index (κ2) is 6.45. The lowest BCUT2D eigenvalue weighted by Gasteiger charge is -2.25. The lowest BCUT2D eigenvalue weighted by Crippen LogP contribution is -2.27. The number of imidazole rings is 1. The van der Waals surface area contributed by atoms with E-state index >= 15 is 0 Å². The van der Waals surface area contributed by atoms with Gasteiger partial charge in [-0.3, -0.25) is 5.10 Å². The maximum absolute atomic E-state index is 4.67. The van der Waals surface area contributed by atoms with Gasteiger partial charge in [0.05, 0.1) is 11.0 Å². The van der Waals surface area contributed by atoms with E-state index in [4.69, 9.17) is 0 Å². The van der Waals surface area contributed by atoms with Crippen molar-refractivity contribution in [3.8, 4) is 10.6 Å². The topological polar surface area (TPSA) is 70.9 Å². The van der Waals surface area contributed by atoms with Crippen molar-refractivity contribution >= 4 is 34.1 Å². The summed E-state index contributed by atoms with van der Waals surface area (Å²) in [4.78, 5) is 13.6. The Bertz CT molecular complexity index is 1230. The highest BCUT2D eigenvalue weighted by molar-refractivity contribution is 7.13. The van der Waals surface area contributed by atoms with Crippen molar-refractivity contribution in [3.05, 3.63) is 65.7 Å². The lowest BCUT2D eigenvalue weighted by atomic mass is 9.85. The van der Waals surface area contributed by atoms with Crippen LogP contribution in [0.25, 0.3) is 27.4 Å². The van der Waals surface area contributed by atoms with Crippen molar-refractivity contribution in [2.75, 3.05) is 11.9 Å². The minimum absolute atomic E-state index is 0.0131. The molecule has 0 radical (unpaired) electrons. The Morgan fingerprint density at radius 3 is 2.75 bits per heavy atom. The highest BCUT2D eigenvalue weighted by atomic mass is 32.1. The molecule has 0 amide bonds. The van der Waals surface area contributed by atoms with Gasteiger partial charge in [0, 0.05) is 29.1 Å². The summed E-state index contributed by atoms with van der Waals surface area (Å²) in [6, 6.07) is 16.7. The van der Waals surface area contributed by atoms with Gasteiger partial charge in [-0.2, -0.15) is 4.98 Å². The van der Waals surface area contributed by atoms with Crippen LogP contribution in [-0.4, -0.2) is 31.1 Å². The van der Waals surface area contributed by atoms with E-state index in [-0.39, 0.29) is 5.41 Å². The van der Waals surface area contributed by atoms with Crippen molar-refractivity contribution < 1.29 is 0 Å². The maximum Gasteiger partial charge on any atom is 0.253 e. The lowest BCUT2D eigenvalue weighted by molar-refractivity contribution is 0.555. The van der Waals surface area contributed by atoms with Crippen molar-refractivity contribution in [1.29, 1.82) is 0 Å². The van der Waals surface area contributed by atoms with E-state index < -0.39 is 0 Å². The summed E-state index contributed by atoms with van der Waals surface area (Å²) in [5, 5.41) is 9.71. The van der Waals surface area contributed by atoms with Gasteiger partial charge in [0.15, 0.2) is 0 Å². The Morgan fingerprint density at radius 1 is 1.11 bits per heavy atom. The molecule has 3 aromatic heterocycles. The van der Waals surface area contributed by atoms with Gasteiger partial charge in [-0.1, -0.05) is 44.2 Å². The Balaban J connectivity index is 1.41. The van der Waals surface area contributed by atoms with E-state index in [1.54, 1.807) is 11.3 Å². The second-order valence-corrected chi connectivity index (χ2v) is 8.36. The van der Waals surface area contributed by atoms with E-state index in [1.165, 1.54) is 5.56 Å². The monoisotopic (exact) mass is 388 g/mol. The number of aromatic nitrogens is 5. The molecule has 2 aromatic carbocycles. The van der Waals surface area contributed by atoms with E-state index in [0.717, 1.165) is 34.1 Å². The first-order chi connectivity index (χ1) is 13.6. The Morgan fingerprint density at radius 2 is 1.96 bits per heavy atom. The first-order valence-corrected chi connectivity index (χ1v) is 10.1. The van der Waals surface area contributed by atoms with Crippen LogP contribution in [0.5, 0.6) is 0 Å². The van der Waals surface area contributed by atoms with Crippen LogP contribution < -0.4 is 5.32 Å². The third-order valence-corrected chi connectivity index (χ3v) is 5.82. The number of anilines is 1.